The van der Waals surface area contributed by atoms with Gasteiger partial charge in [-0.3, -0.25) is 9.88 Å². The van der Waals surface area contributed by atoms with Gasteiger partial charge in [0.2, 0.25) is 0 Å². The van der Waals surface area contributed by atoms with Crippen LogP contribution in [0, 0.1) is 5.82 Å². The summed E-state index contributed by atoms with van der Waals surface area (Å²) in [6.45, 7) is 1.74. The SMILES string of the molecule is NC(CCN(CCO)C1CC1)c1ccc(F)cn1. The number of aromatic nitrogens is 1. The molecule has 1 aromatic heterocycles. The van der Waals surface area contributed by atoms with Gasteiger partial charge in [0.25, 0.3) is 0 Å². The van der Waals surface area contributed by atoms with Crippen molar-refractivity contribution < 1.29 is 9.50 Å². The maximum absolute atomic E-state index is 12.7. The molecule has 1 fully saturated rings. The van der Waals surface area contributed by atoms with Crippen LogP contribution in [-0.2, 0) is 0 Å². The van der Waals surface area contributed by atoms with Gasteiger partial charge in [0.1, 0.15) is 5.82 Å². The molecule has 1 heterocycles. The number of rotatable bonds is 7. The van der Waals surface area contributed by atoms with E-state index in [1.165, 1.54) is 25.1 Å². The van der Waals surface area contributed by atoms with E-state index in [9.17, 15) is 4.39 Å². The van der Waals surface area contributed by atoms with Crippen LogP contribution in [0.4, 0.5) is 4.39 Å². The molecule has 0 amide bonds. The highest BCUT2D eigenvalue weighted by Crippen LogP contribution is 2.27. The number of aliphatic hydroxyl groups is 1. The van der Waals surface area contributed by atoms with E-state index < -0.39 is 0 Å². The van der Waals surface area contributed by atoms with Crippen molar-refractivity contribution in [2.75, 3.05) is 19.7 Å². The van der Waals surface area contributed by atoms with Crippen LogP contribution in [0.2, 0.25) is 0 Å². The van der Waals surface area contributed by atoms with Crippen molar-refractivity contribution in [3.8, 4) is 0 Å². The second-order valence-electron chi connectivity index (χ2n) is 4.79. The highest BCUT2D eigenvalue weighted by molar-refractivity contribution is 5.09. The predicted molar refractivity (Wildman–Crippen MR) is 67.4 cm³/mol. The van der Waals surface area contributed by atoms with Gasteiger partial charge in [-0.25, -0.2) is 4.39 Å². The molecule has 1 unspecified atom stereocenters. The van der Waals surface area contributed by atoms with Crippen molar-refractivity contribution in [2.24, 2.45) is 5.73 Å². The molecule has 100 valence electrons. The van der Waals surface area contributed by atoms with E-state index in [0.717, 1.165) is 18.7 Å². The minimum Gasteiger partial charge on any atom is -0.395 e. The molecular formula is C13H20FN3O. The Morgan fingerprint density at radius 1 is 1.44 bits per heavy atom. The maximum atomic E-state index is 12.7. The molecule has 0 aliphatic heterocycles. The Labute approximate surface area is 107 Å². The molecule has 1 aliphatic rings. The Hall–Kier alpha value is -1.04. The minimum atomic E-state index is -0.342. The average Bonchev–Trinajstić information content (AvgIpc) is 3.19. The largest absolute Gasteiger partial charge is 0.395 e. The van der Waals surface area contributed by atoms with Gasteiger partial charge < -0.3 is 10.8 Å². The van der Waals surface area contributed by atoms with E-state index in [4.69, 9.17) is 10.8 Å². The van der Waals surface area contributed by atoms with Crippen molar-refractivity contribution in [3.63, 3.8) is 0 Å². The number of nitrogens with two attached hydrogens (primary N) is 1. The second-order valence-corrected chi connectivity index (χ2v) is 4.79. The minimum absolute atomic E-state index is 0.175. The van der Waals surface area contributed by atoms with E-state index in [2.05, 4.69) is 9.88 Å². The van der Waals surface area contributed by atoms with Crippen LogP contribution in [0.1, 0.15) is 31.0 Å². The third kappa shape index (κ3) is 3.73. The second kappa shape index (κ2) is 6.22. The first kappa shape index (κ1) is 13.4. The predicted octanol–water partition coefficient (Wildman–Crippen LogP) is 1.07. The van der Waals surface area contributed by atoms with Gasteiger partial charge in [0, 0.05) is 25.2 Å². The first-order valence-electron chi connectivity index (χ1n) is 6.42. The lowest BCUT2D eigenvalue weighted by molar-refractivity contribution is 0.184. The highest BCUT2D eigenvalue weighted by Gasteiger charge is 2.28. The topological polar surface area (TPSA) is 62.4 Å². The van der Waals surface area contributed by atoms with E-state index in [-0.39, 0.29) is 18.5 Å². The Morgan fingerprint density at radius 3 is 2.78 bits per heavy atom. The zero-order chi connectivity index (χ0) is 13.0. The van der Waals surface area contributed by atoms with Gasteiger partial charge >= 0.3 is 0 Å². The van der Waals surface area contributed by atoms with Crippen molar-refractivity contribution in [2.45, 2.75) is 31.3 Å². The maximum Gasteiger partial charge on any atom is 0.141 e. The molecule has 18 heavy (non-hydrogen) atoms. The van der Waals surface area contributed by atoms with Gasteiger partial charge in [-0.05, 0) is 31.4 Å². The standard InChI is InChI=1S/C13H20FN3O/c14-10-1-4-13(16-9-10)12(15)5-6-17(7-8-18)11-2-3-11/h1,4,9,11-12,18H,2-3,5-8,15H2. The molecule has 0 radical (unpaired) electrons. The van der Waals surface area contributed by atoms with Gasteiger partial charge in [-0.15, -0.1) is 0 Å². The lowest BCUT2D eigenvalue weighted by Crippen LogP contribution is -2.32. The van der Waals surface area contributed by atoms with E-state index in [0.29, 0.717) is 12.6 Å². The zero-order valence-electron chi connectivity index (χ0n) is 10.4. The summed E-state index contributed by atoms with van der Waals surface area (Å²) in [7, 11) is 0. The Morgan fingerprint density at radius 2 is 2.22 bits per heavy atom. The van der Waals surface area contributed by atoms with Crippen LogP contribution in [0.25, 0.3) is 0 Å². The van der Waals surface area contributed by atoms with E-state index in [1.54, 1.807) is 6.07 Å². The fourth-order valence-corrected chi connectivity index (χ4v) is 2.10. The molecule has 1 saturated carbocycles. The summed E-state index contributed by atoms with van der Waals surface area (Å²) in [6.07, 6.45) is 4.39. The number of pyridine rings is 1. The number of hydrogen-bond donors (Lipinski definition) is 2. The average molecular weight is 253 g/mol. The summed E-state index contributed by atoms with van der Waals surface area (Å²) >= 11 is 0. The number of hydrogen-bond acceptors (Lipinski definition) is 4. The summed E-state index contributed by atoms with van der Waals surface area (Å²) in [4.78, 5) is 6.26. The number of nitrogens with zero attached hydrogens (tertiary/aromatic N) is 2. The van der Waals surface area contributed by atoms with Crippen LogP contribution < -0.4 is 5.73 Å². The first-order valence-corrected chi connectivity index (χ1v) is 6.42. The normalized spacial score (nSPS) is 17.1. The molecule has 1 aliphatic carbocycles. The van der Waals surface area contributed by atoms with Gasteiger partial charge in [0.05, 0.1) is 18.5 Å². The lowest BCUT2D eigenvalue weighted by Gasteiger charge is -2.22. The summed E-state index contributed by atoms with van der Waals surface area (Å²) in [6, 6.07) is 3.46. The van der Waals surface area contributed by atoms with Crippen molar-refractivity contribution >= 4 is 0 Å². The Kier molecular flexibility index (Phi) is 4.63. The third-order valence-corrected chi connectivity index (χ3v) is 3.31. The van der Waals surface area contributed by atoms with Crippen LogP contribution in [0.3, 0.4) is 0 Å². The van der Waals surface area contributed by atoms with Crippen molar-refractivity contribution in [3.05, 3.63) is 29.8 Å². The summed E-state index contributed by atoms with van der Waals surface area (Å²) in [5.74, 6) is -0.342. The Balaban J connectivity index is 1.82. The molecule has 1 aromatic rings. The third-order valence-electron chi connectivity index (χ3n) is 3.31. The number of halogens is 1. The summed E-state index contributed by atoms with van der Waals surface area (Å²) in [5.41, 5.74) is 6.75. The fourth-order valence-electron chi connectivity index (χ4n) is 2.10. The quantitative estimate of drug-likeness (QED) is 0.763. The molecule has 1 atom stereocenters. The highest BCUT2D eigenvalue weighted by atomic mass is 19.1. The first-order chi connectivity index (χ1) is 8.70. The molecule has 0 bridgehead atoms. The molecule has 0 aromatic carbocycles. The molecule has 3 N–H and O–H groups in total. The summed E-state index contributed by atoms with van der Waals surface area (Å²) in [5, 5.41) is 9.00. The van der Waals surface area contributed by atoms with Crippen LogP contribution >= 0.6 is 0 Å². The van der Waals surface area contributed by atoms with Crippen LogP contribution in [-0.4, -0.2) is 40.7 Å². The summed E-state index contributed by atoms with van der Waals surface area (Å²) < 4.78 is 12.7. The smallest absolute Gasteiger partial charge is 0.141 e. The molecule has 4 nitrogen and oxygen atoms in total. The van der Waals surface area contributed by atoms with Gasteiger partial charge in [-0.1, -0.05) is 0 Å². The molecule has 0 saturated heterocycles. The van der Waals surface area contributed by atoms with E-state index >= 15 is 0 Å². The number of aliphatic hydroxyl groups excluding tert-OH is 1. The molecule has 0 spiro atoms. The fraction of sp³-hybridized carbons (Fsp3) is 0.615. The Bertz CT molecular complexity index is 367. The lowest BCUT2D eigenvalue weighted by atomic mass is 10.1. The molecule has 2 rings (SSSR count). The van der Waals surface area contributed by atoms with E-state index in [1.807, 2.05) is 0 Å². The molecular weight excluding hydrogens is 233 g/mol. The monoisotopic (exact) mass is 253 g/mol. The van der Waals surface area contributed by atoms with Crippen LogP contribution in [0.5, 0.6) is 0 Å². The van der Waals surface area contributed by atoms with Gasteiger partial charge in [-0.2, -0.15) is 0 Å². The van der Waals surface area contributed by atoms with Crippen molar-refractivity contribution in [1.29, 1.82) is 0 Å². The van der Waals surface area contributed by atoms with Crippen LogP contribution in [0.15, 0.2) is 18.3 Å². The van der Waals surface area contributed by atoms with Crippen molar-refractivity contribution in [1.82, 2.24) is 9.88 Å². The molecule has 5 heteroatoms. The van der Waals surface area contributed by atoms with Gasteiger partial charge in [0.15, 0.2) is 0 Å². The zero-order valence-corrected chi connectivity index (χ0v) is 10.4.